The standard InChI is InChI=1S/C14H17ClN4O/c1-8-5-4-6-11(16)14(8)17-12(20)7-19-10(3)13(15)9(2)18-19/h4-6H,7,16H2,1-3H3,(H,17,20). The number of para-hydroxylation sites is 1. The number of aryl methyl sites for hydroxylation is 2. The molecule has 2 rings (SSSR count). The number of rotatable bonds is 3. The maximum Gasteiger partial charge on any atom is 0.246 e. The predicted octanol–water partition coefficient (Wildman–Crippen LogP) is 2.68. The molecule has 0 bridgehead atoms. The lowest BCUT2D eigenvalue weighted by atomic mass is 10.1. The van der Waals surface area contributed by atoms with Crippen LogP contribution in [0.4, 0.5) is 11.4 Å². The second kappa shape index (κ2) is 5.54. The van der Waals surface area contributed by atoms with E-state index in [0.717, 1.165) is 11.3 Å². The van der Waals surface area contributed by atoms with Gasteiger partial charge in [-0.05, 0) is 32.4 Å². The van der Waals surface area contributed by atoms with E-state index in [1.165, 1.54) is 0 Å². The molecule has 1 amide bonds. The van der Waals surface area contributed by atoms with Crippen LogP contribution in [0.25, 0.3) is 0 Å². The van der Waals surface area contributed by atoms with Crippen LogP contribution in [0.3, 0.4) is 0 Å². The number of carbonyl (C=O) groups is 1. The summed E-state index contributed by atoms with van der Waals surface area (Å²) >= 11 is 6.06. The van der Waals surface area contributed by atoms with Crippen molar-refractivity contribution in [2.24, 2.45) is 0 Å². The number of aromatic nitrogens is 2. The number of nitrogens with two attached hydrogens (primary N) is 1. The molecule has 0 spiro atoms. The maximum absolute atomic E-state index is 12.1. The first-order chi connectivity index (χ1) is 9.40. The lowest BCUT2D eigenvalue weighted by Crippen LogP contribution is -2.21. The smallest absolute Gasteiger partial charge is 0.246 e. The van der Waals surface area contributed by atoms with Gasteiger partial charge in [-0.25, -0.2) is 0 Å². The maximum atomic E-state index is 12.1. The Labute approximate surface area is 122 Å². The fourth-order valence-corrected chi connectivity index (χ4v) is 2.14. The van der Waals surface area contributed by atoms with Crippen molar-refractivity contribution >= 4 is 28.9 Å². The zero-order valence-corrected chi connectivity index (χ0v) is 12.5. The second-order valence-electron chi connectivity index (χ2n) is 4.73. The van der Waals surface area contributed by atoms with E-state index in [9.17, 15) is 4.79 Å². The van der Waals surface area contributed by atoms with E-state index in [-0.39, 0.29) is 12.5 Å². The number of benzene rings is 1. The molecule has 2 aromatic rings. The molecule has 5 nitrogen and oxygen atoms in total. The van der Waals surface area contributed by atoms with Gasteiger partial charge in [-0.1, -0.05) is 23.7 Å². The minimum atomic E-state index is -0.187. The third-order valence-corrected chi connectivity index (χ3v) is 3.70. The molecule has 20 heavy (non-hydrogen) atoms. The summed E-state index contributed by atoms with van der Waals surface area (Å²) in [6.07, 6.45) is 0. The molecule has 1 heterocycles. The van der Waals surface area contributed by atoms with Gasteiger partial charge in [0, 0.05) is 0 Å². The quantitative estimate of drug-likeness (QED) is 0.854. The highest BCUT2D eigenvalue weighted by Crippen LogP contribution is 2.23. The number of nitrogen functional groups attached to an aromatic ring is 1. The van der Waals surface area contributed by atoms with Gasteiger partial charge in [-0.15, -0.1) is 0 Å². The normalized spacial score (nSPS) is 10.6. The summed E-state index contributed by atoms with van der Waals surface area (Å²) in [6.45, 7) is 5.64. The van der Waals surface area contributed by atoms with E-state index < -0.39 is 0 Å². The first-order valence-corrected chi connectivity index (χ1v) is 6.62. The number of hydrogen-bond acceptors (Lipinski definition) is 3. The molecular weight excluding hydrogens is 276 g/mol. The lowest BCUT2D eigenvalue weighted by Gasteiger charge is -2.11. The number of hydrogen-bond donors (Lipinski definition) is 2. The van der Waals surface area contributed by atoms with Crippen molar-refractivity contribution in [2.45, 2.75) is 27.3 Å². The first-order valence-electron chi connectivity index (χ1n) is 6.24. The Balaban J connectivity index is 2.15. The van der Waals surface area contributed by atoms with Gasteiger partial charge in [-0.2, -0.15) is 5.10 Å². The molecule has 3 N–H and O–H groups in total. The summed E-state index contributed by atoms with van der Waals surface area (Å²) in [4.78, 5) is 12.1. The molecule has 1 aromatic carbocycles. The number of anilines is 2. The van der Waals surface area contributed by atoms with E-state index in [1.54, 1.807) is 10.7 Å². The van der Waals surface area contributed by atoms with Crippen LogP contribution >= 0.6 is 11.6 Å². The monoisotopic (exact) mass is 292 g/mol. The molecule has 0 aliphatic carbocycles. The van der Waals surface area contributed by atoms with Crippen LogP contribution in [-0.4, -0.2) is 15.7 Å². The summed E-state index contributed by atoms with van der Waals surface area (Å²) in [6, 6.07) is 5.50. The molecule has 0 fully saturated rings. The Kier molecular flexibility index (Phi) is 3.99. The van der Waals surface area contributed by atoms with E-state index in [1.807, 2.05) is 32.9 Å². The minimum absolute atomic E-state index is 0.104. The Bertz CT molecular complexity index is 643. The SMILES string of the molecule is Cc1cccc(N)c1NC(=O)Cn1nc(C)c(Cl)c1C. The van der Waals surface area contributed by atoms with Gasteiger partial charge in [0.05, 0.1) is 27.8 Å². The van der Waals surface area contributed by atoms with Crippen molar-refractivity contribution in [2.75, 3.05) is 11.1 Å². The van der Waals surface area contributed by atoms with Crippen LogP contribution < -0.4 is 11.1 Å². The average Bonchev–Trinajstić information content (AvgIpc) is 2.62. The van der Waals surface area contributed by atoms with E-state index in [2.05, 4.69) is 10.4 Å². The van der Waals surface area contributed by atoms with Crippen molar-refractivity contribution < 1.29 is 4.79 Å². The Hall–Kier alpha value is -2.01. The van der Waals surface area contributed by atoms with Gasteiger partial charge in [-0.3, -0.25) is 9.48 Å². The molecule has 0 atom stereocenters. The van der Waals surface area contributed by atoms with Gasteiger partial charge in [0.15, 0.2) is 0 Å². The van der Waals surface area contributed by atoms with Crippen molar-refractivity contribution in [3.8, 4) is 0 Å². The van der Waals surface area contributed by atoms with Crippen LogP contribution in [0.5, 0.6) is 0 Å². The molecule has 0 aliphatic rings. The molecule has 106 valence electrons. The van der Waals surface area contributed by atoms with Crippen molar-refractivity contribution in [3.63, 3.8) is 0 Å². The Morgan fingerprint density at radius 1 is 1.40 bits per heavy atom. The van der Waals surface area contributed by atoms with Gasteiger partial charge >= 0.3 is 0 Å². The van der Waals surface area contributed by atoms with Crippen LogP contribution in [-0.2, 0) is 11.3 Å². The molecule has 0 aliphatic heterocycles. The van der Waals surface area contributed by atoms with Gasteiger partial charge in [0.1, 0.15) is 6.54 Å². The summed E-state index contributed by atoms with van der Waals surface area (Å²) in [7, 11) is 0. The fourth-order valence-electron chi connectivity index (χ4n) is 2.01. The second-order valence-corrected chi connectivity index (χ2v) is 5.11. The Morgan fingerprint density at radius 2 is 2.10 bits per heavy atom. The van der Waals surface area contributed by atoms with E-state index in [0.29, 0.717) is 22.1 Å². The van der Waals surface area contributed by atoms with Crippen LogP contribution in [0.15, 0.2) is 18.2 Å². The van der Waals surface area contributed by atoms with Gasteiger partial charge in [0.25, 0.3) is 0 Å². The first kappa shape index (κ1) is 14.4. The van der Waals surface area contributed by atoms with E-state index >= 15 is 0 Å². The average molecular weight is 293 g/mol. The van der Waals surface area contributed by atoms with Crippen LogP contribution in [0.2, 0.25) is 5.02 Å². The largest absolute Gasteiger partial charge is 0.397 e. The minimum Gasteiger partial charge on any atom is -0.397 e. The zero-order chi connectivity index (χ0) is 14.9. The lowest BCUT2D eigenvalue weighted by molar-refractivity contribution is -0.116. The molecule has 0 saturated carbocycles. The third-order valence-electron chi connectivity index (χ3n) is 3.16. The highest BCUT2D eigenvalue weighted by Gasteiger charge is 2.13. The molecule has 0 radical (unpaired) electrons. The third kappa shape index (κ3) is 2.77. The number of nitrogens with zero attached hydrogens (tertiary/aromatic N) is 2. The molecule has 6 heteroatoms. The Morgan fingerprint density at radius 3 is 2.65 bits per heavy atom. The van der Waals surface area contributed by atoms with Crippen molar-refractivity contribution in [1.82, 2.24) is 9.78 Å². The van der Waals surface area contributed by atoms with E-state index in [4.69, 9.17) is 17.3 Å². The van der Waals surface area contributed by atoms with Crippen molar-refractivity contribution in [3.05, 3.63) is 40.2 Å². The molecular formula is C14H17ClN4O. The zero-order valence-electron chi connectivity index (χ0n) is 11.7. The summed E-state index contributed by atoms with van der Waals surface area (Å²) in [5.41, 5.74) is 9.46. The number of nitrogens with one attached hydrogen (secondary N) is 1. The molecule has 0 unspecified atom stereocenters. The van der Waals surface area contributed by atoms with Gasteiger partial charge < -0.3 is 11.1 Å². The van der Waals surface area contributed by atoms with Crippen LogP contribution in [0, 0.1) is 20.8 Å². The summed E-state index contributed by atoms with van der Waals surface area (Å²) in [5, 5.41) is 7.63. The van der Waals surface area contributed by atoms with Gasteiger partial charge in [0.2, 0.25) is 5.91 Å². The number of halogens is 1. The molecule has 1 aromatic heterocycles. The van der Waals surface area contributed by atoms with Crippen LogP contribution in [0.1, 0.15) is 17.0 Å². The summed E-state index contributed by atoms with van der Waals surface area (Å²) < 4.78 is 1.58. The number of carbonyl (C=O) groups excluding carboxylic acids is 1. The van der Waals surface area contributed by atoms with Crippen molar-refractivity contribution in [1.29, 1.82) is 0 Å². The number of amides is 1. The highest BCUT2D eigenvalue weighted by atomic mass is 35.5. The summed E-state index contributed by atoms with van der Waals surface area (Å²) in [5.74, 6) is -0.187. The topological polar surface area (TPSA) is 72.9 Å². The highest BCUT2D eigenvalue weighted by molar-refractivity contribution is 6.31. The predicted molar refractivity (Wildman–Crippen MR) is 80.9 cm³/mol. The fraction of sp³-hybridized carbons (Fsp3) is 0.286. The molecule has 0 saturated heterocycles.